The zero-order chi connectivity index (χ0) is 21.2. The van der Waals surface area contributed by atoms with E-state index in [1.165, 1.54) is 24.3 Å². The van der Waals surface area contributed by atoms with Crippen molar-refractivity contribution in [2.75, 3.05) is 0 Å². The number of benzene rings is 2. The summed E-state index contributed by atoms with van der Waals surface area (Å²) < 4.78 is 18.1. The minimum atomic E-state index is -1.45. The Balaban J connectivity index is 2.24. The van der Waals surface area contributed by atoms with Crippen molar-refractivity contribution in [3.05, 3.63) is 71.8 Å². The zero-order valence-corrected chi connectivity index (χ0v) is 13.8. The molecule has 0 aromatic heterocycles. The molecule has 4 N–H and O–H groups in total. The van der Waals surface area contributed by atoms with Crippen molar-refractivity contribution < 1.29 is 34.1 Å². The molecular formula is C18H16N2O7. The van der Waals surface area contributed by atoms with E-state index >= 15 is 0 Å². The molecule has 0 aliphatic heterocycles. The molecule has 0 heterocycles. The Morgan fingerprint density at radius 3 is 1.44 bits per heavy atom. The topological polar surface area (TPSA) is 142 Å². The number of amides is 2. The van der Waals surface area contributed by atoms with E-state index in [9.17, 15) is 19.2 Å². The van der Waals surface area contributed by atoms with E-state index in [1.807, 2.05) is 0 Å². The van der Waals surface area contributed by atoms with Gasteiger partial charge in [0.05, 0.1) is 0 Å². The fourth-order valence-electron chi connectivity index (χ4n) is 2.30. The molecule has 2 aromatic rings. The first-order chi connectivity index (χ1) is 14.0. The van der Waals surface area contributed by atoms with Gasteiger partial charge in [0, 0.05) is 0 Å². The molecule has 27 heavy (non-hydrogen) atoms. The van der Waals surface area contributed by atoms with Crippen molar-refractivity contribution in [2.24, 2.45) is 0 Å². The lowest BCUT2D eigenvalue weighted by molar-refractivity contribution is -0.162. The summed E-state index contributed by atoms with van der Waals surface area (Å²) in [4.78, 5) is 47.9. The highest BCUT2D eigenvalue weighted by Gasteiger charge is 2.31. The maximum Gasteiger partial charge on any atom is 0.405 e. The molecule has 0 radical (unpaired) electrons. The third kappa shape index (κ3) is 5.56. The van der Waals surface area contributed by atoms with Gasteiger partial charge in [-0.3, -0.25) is 0 Å². The summed E-state index contributed by atoms with van der Waals surface area (Å²) in [5.74, 6) is -2.35. The number of ether oxygens (including phenoxy) is 1. The molecule has 2 atom stereocenters. The molecule has 2 unspecified atom stereocenters. The quantitative estimate of drug-likeness (QED) is 0.448. The van der Waals surface area contributed by atoms with Gasteiger partial charge in [0.1, 0.15) is 0 Å². The summed E-state index contributed by atoms with van der Waals surface area (Å²) in [7, 11) is 0. The first-order valence-electron chi connectivity index (χ1n) is 8.50. The third-order valence-electron chi connectivity index (χ3n) is 3.46. The number of hydrogen-bond donors (Lipinski definition) is 4. The second-order valence-electron chi connectivity index (χ2n) is 5.29. The van der Waals surface area contributed by atoms with Gasteiger partial charge in [-0.15, -0.1) is 0 Å². The van der Waals surface area contributed by atoms with Crippen molar-refractivity contribution >= 4 is 24.1 Å². The molecule has 0 saturated carbocycles. The van der Waals surface area contributed by atoms with E-state index in [4.69, 9.17) is 7.60 Å². The van der Waals surface area contributed by atoms with Gasteiger partial charge in [-0.25, -0.2) is 19.2 Å². The van der Waals surface area contributed by atoms with Gasteiger partial charge in [-0.2, -0.15) is 0 Å². The van der Waals surface area contributed by atoms with Crippen LogP contribution in [0.5, 0.6) is 0 Å². The van der Waals surface area contributed by atoms with Crippen molar-refractivity contribution in [3.63, 3.8) is 0 Å². The first kappa shape index (κ1) is 16.6. The first-order valence-corrected chi connectivity index (χ1v) is 7.69. The molecule has 0 fully saturated rings. The van der Waals surface area contributed by atoms with Crippen LogP contribution in [0.4, 0.5) is 9.59 Å². The highest BCUT2D eigenvalue weighted by Crippen LogP contribution is 2.18. The van der Waals surface area contributed by atoms with Gasteiger partial charge >= 0.3 is 24.1 Å². The largest absolute Gasteiger partial charge is 0.465 e. The Hall–Kier alpha value is -3.88. The summed E-state index contributed by atoms with van der Waals surface area (Å²) in [5, 5.41) is 11.7. The lowest BCUT2D eigenvalue weighted by Crippen LogP contribution is -2.39. The minimum absolute atomic E-state index is 0.269. The van der Waals surface area contributed by atoms with E-state index in [2.05, 4.69) is 20.9 Å². The predicted octanol–water partition coefficient (Wildman–Crippen LogP) is 2.07. The molecule has 140 valence electrons. The number of carboxylic acid groups (broad SMARTS) is 2. The van der Waals surface area contributed by atoms with Crippen LogP contribution in [-0.2, 0) is 14.3 Å². The summed E-state index contributed by atoms with van der Waals surface area (Å²) in [6.07, 6.45) is -2.47. The van der Waals surface area contributed by atoms with Crippen molar-refractivity contribution in [1.29, 1.82) is 2.86 Å². The summed E-state index contributed by atoms with van der Waals surface area (Å²) in [6, 6.07) is 12.8. The van der Waals surface area contributed by atoms with Gasteiger partial charge in [0.25, 0.3) is 2.86 Å². The molecule has 2 rings (SSSR count). The van der Waals surface area contributed by atoms with Gasteiger partial charge < -0.3 is 25.6 Å². The van der Waals surface area contributed by atoms with Crippen LogP contribution in [0.2, 0.25) is 0 Å². The van der Waals surface area contributed by atoms with Crippen molar-refractivity contribution in [3.8, 4) is 0 Å². The van der Waals surface area contributed by atoms with Crippen molar-refractivity contribution in [2.45, 2.75) is 12.1 Å². The normalized spacial score (nSPS) is 13.0. The molecule has 0 spiro atoms. The number of carbonyl (C=O) groups excluding carboxylic acids is 2. The summed E-state index contributed by atoms with van der Waals surface area (Å²) in [5.41, 5.74) is 0.538. The lowest BCUT2D eigenvalue weighted by atomic mass is 10.1. The molecule has 2 aromatic carbocycles. The van der Waals surface area contributed by atoms with Crippen LogP contribution in [0, 0.1) is 0 Å². The van der Waals surface area contributed by atoms with Crippen LogP contribution >= 0.6 is 0 Å². The van der Waals surface area contributed by atoms with E-state index in [0.717, 1.165) is 0 Å². The minimum Gasteiger partial charge on any atom is -0.465 e. The standard InChI is InChI=1S/C18H16N2O7/c21-15(13(19-17(23)24)11-7-3-1-4-8-11)27-16(22)14(20-18(25)26)12-9-5-2-6-10-12/h1-10,13-14,19-20H,(H,23,24)(H,25,26)/i/hD2. The summed E-state index contributed by atoms with van der Waals surface area (Å²) >= 11 is 0. The second kappa shape index (κ2) is 8.99. The van der Waals surface area contributed by atoms with E-state index in [-0.39, 0.29) is 11.1 Å². The van der Waals surface area contributed by atoms with Crippen LogP contribution in [0.25, 0.3) is 2.86 Å². The van der Waals surface area contributed by atoms with E-state index in [1.54, 1.807) is 36.4 Å². The fourth-order valence-corrected chi connectivity index (χ4v) is 2.30. The number of hydrogen-bond acceptors (Lipinski definition) is 7. The maximum atomic E-state index is 12.5. The Morgan fingerprint density at radius 2 is 1.11 bits per heavy atom. The predicted molar refractivity (Wildman–Crippen MR) is 91.8 cm³/mol. The number of rotatable bonds is 6. The average molecular weight is 374 g/mol. The SMILES string of the molecule is [2H]OC(=O)NC(C(=O)OC(=O)C(NC(=O)O[2H])c1ccccc1)c1ccccc1. The molecule has 2 amide bonds. The second-order valence-corrected chi connectivity index (χ2v) is 5.29. The molecule has 0 aliphatic carbocycles. The fraction of sp³-hybridized carbons (Fsp3) is 0.111. The lowest BCUT2D eigenvalue weighted by Gasteiger charge is -2.19. The van der Waals surface area contributed by atoms with Gasteiger partial charge in [0.2, 0.25) is 0 Å². The monoisotopic (exact) mass is 374 g/mol. The zero-order valence-electron chi connectivity index (χ0n) is 15.8. The number of nitrogens with one attached hydrogen (secondary N) is 2. The van der Waals surface area contributed by atoms with Crippen LogP contribution in [0.3, 0.4) is 0 Å². The number of carbonyl (C=O) groups is 4. The highest BCUT2D eigenvalue weighted by molar-refractivity contribution is 5.94. The average Bonchev–Trinajstić information content (AvgIpc) is 2.76. The summed E-state index contributed by atoms with van der Waals surface area (Å²) in [6.45, 7) is 0. The van der Waals surface area contributed by atoms with Crippen molar-refractivity contribution in [1.82, 2.24) is 10.6 Å². The molecule has 0 bridgehead atoms. The smallest absolute Gasteiger partial charge is 0.405 e. The third-order valence-corrected chi connectivity index (χ3v) is 3.46. The molecular weight excluding hydrogens is 356 g/mol. The van der Waals surface area contributed by atoms with Crippen LogP contribution in [0.1, 0.15) is 23.2 Å². The van der Waals surface area contributed by atoms with Crippen LogP contribution < -0.4 is 10.6 Å². The van der Waals surface area contributed by atoms with E-state index in [0.29, 0.717) is 0 Å². The van der Waals surface area contributed by atoms with Crippen LogP contribution in [0.15, 0.2) is 60.7 Å². The van der Waals surface area contributed by atoms with E-state index < -0.39 is 36.2 Å². The molecule has 0 aliphatic rings. The Kier molecular flexibility index (Phi) is 5.52. The molecule has 9 heteroatoms. The maximum absolute atomic E-state index is 12.5. The highest BCUT2D eigenvalue weighted by atomic mass is 16.6. The number of esters is 2. The van der Waals surface area contributed by atoms with Crippen LogP contribution in [-0.4, -0.2) is 34.3 Å². The van der Waals surface area contributed by atoms with Gasteiger partial charge in [0.15, 0.2) is 12.1 Å². The van der Waals surface area contributed by atoms with Gasteiger partial charge in [-0.05, 0) is 11.1 Å². The van der Waals surface area contributed by atoms with Gasteiger partial charge in [-0.1, -0.05) is 60.7 Å². The Morgan fingerprint density at radius 1 is 0.741 bits per heavy atom. The molecule has 0 saturated heterocycles. The molecule has 9 nitrogen and oxygen atoms in total. The Bertz CT molecular complexity index is 794. The Labute approximate surface area is 156 Å².